The Morgan fingerprint density at radius 3 is 2.91 bits per heavy atom. The van der Waals surface area contributed by atoms with Crippen molar-refractivity contribution in [3.63, 3.8) is 0 Å². The molecule has 0 saturated carbocycles. The number of dihydropyridines is 1. The molecule has 0 fully saturated rings. The number of benzene rings is 1. The minimum atomic E-state index is -0.113. The van der Waals surface area contributed by atoms with Crippen molar-refractivity contribution in [2.45, 2.75) is 25.9 Å². The zero-order valence-corrected chi connectivity index (χ0v) is 13.9. The molecule has 23 heavy (non-hydrogen) atoms. The number of rotatable bonds is 2. The highest BCUT2D eigenvalue weighted by molar-refractivity contribution is 6.30. The standard InChI is InChI=1S/C19H18ClN3/c1-15-22-18(9-8-16-6-5-7-17(20)12-16)13-23(15)14-19(2)10-3-4-11-21-19/h3-7,10-13,21H,14H2,1-2H3. The zero-order chi connectivity index (χ0) is 16.3. The maximum Gasteiger partial charge on any atom is 0.131 e. The summed E-state index contributed by atoms with van der Waals surface area (Å²) in [6, 6.07) is 7.52. The fraction of sp³-hybridized carbons (Fsp3) is 0.211. The summed E-state index contributed by atoms with van der Waals surface area (Å²) >= 11 is 5.97. The van der Waals surface area contributed by atoms with Crippen LogP contribution >= 0.6 is 11.6 Å². The lowest BCUT2D eigenvalue weighted by Gasteiger charge is -2.29. The van der Waals surface area contributed by atoms with E-state index < -0.39 is 0 Å². The van der Waals surface area contributed by atoms with Crippen molar-refractivity contribution in [3.05, 3.63) is 77.0 Å². The molecule has 0 spiro atoms. The lowest BCUT2D eigenvalue weighted by Crippen LogP contribution is -2.42. The number of nitrogens with zero attached hydrogens (tertiary/aromatic N) is 2. The van der Waals surface area contributed by atoms with Crippen LogP contribution in [-0.2, 0) is 6.54 Å². The molecule has 2 aromatic rings. The second kappa shape index (κ2) is 6.36. The first-order chi connectivity index (χ1) is 11.0. The average Bonchev–Trinajstić information content (AvgIpc) is 2.85. The van der Waals surface area contributed by atoms with Crippen molar-refractivity contribution < 1.29 is 0 Å². The van der Waals surface area contributed by atoms with E-state index in [1.54, 1.807) is 0 Å². The highest BCUT2D eigenvalue weighted by Crippen LogP contribution is 2.15. The Labute approximate surface area is 141 Å². The third kappa shape index (κ3) is 3.85. The van der Waals surface area contributed by atoms with Crippen LogP contribution in [-0.4, -0.2) is 15.1 Å². The SMILES string of the molecule is Cc1nc(C#Cc2cccc(Cl)c2)cn1CC1(C)C=CC=CN1. The molecular weight excluding hydrogens is 306 g/mol. The van der Waals surface area contributed by atoms with Gasteiger partial charge in [0.2, 0.25) is 0 Å². The number of imidazole rings is 1. The van der Waals surface area contributed by atoms with E-state index in [9.17, 15) is 0 Å². The molecule has 0 amide bonds. The van der Waals surface area contributed by atoms with Gasteiger partial charge in [0.15, 0.2) is 0 Å². The molecule has 0 radical (unpaired) electrons. The summed E-state index contributed by atoms with van der Waals surface area (Å²) in [5.74, 6) is 7.16. The van der Waals surface area contributed by atoms with Crippen molar-refractivity contribution in [1.29, 1.82) is 0 Å². The van der Waals surface area contributed by atoms with Crippen molar-refractivity contribution in [3.8, 4) is 11.8 Å². The van der Waals surface area contributed by atoms with E-state index in [4.69, 9.17) is 11.6 Å². The van der Waals surface area contributed by atoms with Crippen LogP contribution in [0.1, 0.15) is 24.0 Å². The van der Waals surface area contributed by atoms with E-state index in [1.165, 1.54) is 0 Å². The van der Waals surface area contributed by atoms with Gasteiger partial charge >= 0.3 is 0 Å². The number of hydrogen-bond acceptors (Lipinski definition) is 2. The molecule has 1 aliphatic rings. The molecule has 3 rings (SSSR count). The van der Waals surface area contributed by atoms with Gasteiger partial charge in [0.1, 0.15) is 11.5 Å². The van der Waals surface area contributed by atoms with Crippen LogP contribution in [0.25, 0.3) is 0 Å². The van der Waals surface area contributed by atoms with Crippen molar-refractivity contribution in [2.75, 3.05) is 0 Å². The number of nitrogens with one attached hydrogen (secondary N) is 1. The van der Waals surface area contributed by atoms with Crippen LogP contribution in [0.15, 0.2) is 54.9 Å². The molecule has 1 aromatic heterocycles. The summed E-state index contributed by atoms with van der Waals surface area (Å²) in [6.07, 6.45) is 10.2. The molecular formula is C19H18ClN3. The summed E-state index contributed by atoms with van der Waals surface area (Å²) in [5.41, 5.74) is 1.54. The lowest BCUT2D eigenvalue weighted by molar-refractivity contribution is 0.415. The lowest BCUT2D eigenvalue weighted by atomic mass is 10.00. The molecule has 3 nitrogen and oxygen atoms in total. The Morgan fingerprint density at radius 1 is 1.30 bits per heavy atom. The molecule has 0 saturated heterocycles. The summed E-state index contributed by atoms with van der Waals surface area (Å²) < 4.78 is 2.12. The molecule has 1 N–H and O–H groups in total. The second-order valence-corrected chi connectivity index (χ2v) is 6.28. The molecule has 0 aliphatic carbocycles. The monoisotopic (exact) mass is 323 g/mol. The first-order valence-electron chi connectivity index (χ1n) is 7.48. The van der Waals surface area contributed by atoms with Gasteiger partial charge in [0, 0.05) is 16.8 Å². The van der Waals surface area contributed by atoms with Gasteiger partial charge in [-0.15, -0.1) is 0 Å². The van der Waals surface area contributed by atoms with Gasteiger partial charge in [-0.1, -0.05) is 35.7 Å². The Hall–Kier alpha value is -2.44. The molecule has 1 atom stereocenters. The minimum Gasteiger partial charge on any atom is -0.380 e. The first-order valence-corrected chi connectivity index (χ1v) is 7.85. The van der Waals surface area contributed by atoms with E-state index in [1.807, 2.05) is 49.7 Å². The summed E-state index contributed by atoms with van der Waals surface area (Å²) in [6.45, 7) is 4.95. The fourth-order valence-electron chi connectivity index (χ4n) is 2.49. The van der Waals surface area contributed by atoms with Crippen LogP contribution in [0.2, 0.25) is 5.02 Å². The topological polar surface area (TPSA) is 29.9 Å². The highest BCUT2D eigenvalue weighted by atomic mass is 35.5. The predicted molar refractivity (Wildman–Crippen MR) is 94.2 cm³/mol. The van der Waals surface area contributed by atoms with Gasteiger partial charge in [0.25, 0.3) is 0 Å². The molecule has 0 bridgehead atoms. The molecule has 116 valence electrons. The van der Waals surface area contributed by atoms with Crippen molar-refractivity contribution in [2.24, 2.45) is 0 Å². The van der Waals surface area contributed by atoms with Gasteiger partial charge < -0.3 is 9.88 Å². The Morgan fingerprint density at radius 2 is 2.17 bits per heavy atom. The molecule has 2 heterocycles. The average molecular weight is 324 g/mol. The molecule has 1 aromatic carbocycles. The summed E-state index contributed by atoms with van der Waals surface area (Å²) in [4.78, 5) is 4.53. The smallest absolute Gasteiger partial charge is 0.131 e. The van der Waals surface area contributed by atoms with Crippen LogP contribution < -0.4 is 5.32 Å². The minimum absolute atomic E-state index is 0.113. The molecule has 1 unspecified atom stereocenters. The third-order valence-electron chi connectivity index (χ3n) is 3.72. The van der Waals surface area contributed by atoms with E-state index >= 15 is 0 Å². The van der Waals surface area contributed by atoms with Gasteiger partial charge in [0.05, 0.1) is 12.1 Å². The quantitative estimate of drug-likeness (QED) is 0.854. The van der Waals surface area contributed by atoms with E-state index in [2.05, 4.69) is 45.8 Å². The van der Waals surface area contributed by atoms with E-state index in [-0.39, 0.29) is 5.54 Å². The summed E-state index contributed by atoms with van der Waals surface area (Å²) in [7, 11) is 0. The fourth-order valence-corrected chi connectivity index (χ4v) is 2.68. The van der Waals surface area contributed by atoms with Crippen molar-refractivity contribution >= 4 is 11.6 Å². The van der Waals surface area contributed by atoms with Crippen LogP contribution in [0.4, 0.5) is 0 Å². The maximum atomic E-state index is 5.97. The van der Waals surface area contributed by atoms with Gasteiger partial charge in [-0.25, -0.2) is 4.98 Å². The number of allylic oxidation sites excluding steroid dienone is 2. The van der Waals surface area contributed by atoms with Crippen LogP contribution in [0, 0.1) is 18.8 Å². The van der Waals surface area contributed by atoms with Gasteiger partial charge in [-0.3, -0.25) is 0 Å². The largest absolute Gasteiger partial charge is 0.380 e. The molecule has 4 heteroatoms. The normalized spacial score (nSPS) is 19.1. The third-order valence-corrected chi connectivity index (χ3v) is 3.95. The number of hydrogen-bond donors (Lipinski definition) is 1. The van der Waals surface area contributed by atoms with E-state index in [0.29, 0.717) is 5.02 Å². The van der Waals surface area contributed by atoms with Crippen LogP contribution in [0.3, 0.4) is 0 Å². The van der Waals surface area contributed by atoms with Crippen LogP contribution in [0.5, 0.6) is 0 Å². The van der Waals surface area contributed by atoms with Crippen molar-refractivity contribution in [1.82, 2.24) is 14.9 Å². The van der Waals surface area contributed by atoms with Gasteiger partial charge in [-0.05, 0) is 50.2 Å². The number of aromatic nitrogens is 2. The predicted octanol–water partition coefficient (Wildman–Crippen LogP) is 3.68. The molecule has 1 aliphatic heterocycles. The summed E-state index contributed by atoms with van der Waals surface area (Å²) in [5, 5.41) is 4.07. The highest BCUT2D eigenvalue weighted by Gasteiger charge is 2.21. The Balaban J connectivity index is 1.79. The zero-order valence-electron chi connectivity index (χ0n) is 13.2. The van der Waals surface area contributed by atoms with E-state index in [0.717, 1.165) is 23.6 Å². The Bertz CT molecular complexity index is 836. The van der Waals surface area contributed by atoms with Gasteiger partial charge in [-0.2, -0.15) is 0 Å². The first kappa shape index (κ1) is 15.5. The number of halogens is 1. The second-order valence-electron chi connectivity index (χ2n) is 5.84. The number of aryl methyl sites for hydroxylation is 1. The Kier molecular flexibility index (Phi) is 4.27. The maximum absolute atomic E-state index is 5.97.